The van der Waals surface area contributed by atoms with Crippen molar-refractivity contribution in [3.63, 3.8) is 0 Å². The lowest BCUT2D eigenvalue weighted by molar-refractivity contribution is -0.140. The summed E-state index contributed by atoms with van der Waals surface area (Å²) in [6.07, 6.45) is 2.11. The van der Waals surface area contributed by atoms with Gasteiger partial charge in [0.2, 0.25) is 0 Å². The molecule has 0 saturated carbocycles. The van der Waals surface area contributed by atoms with Crippen molar-refractivity contribution < 1.29 is 19.4 Å². The fourth-order valence-electron chi connectivity index (χ4n) is 1.78. The van der Waals surface area contributed by atoms with Crippen molar-refractivity contribution in [1.82, 2.24) is 15.0 Å². The molecule has 1 aromatic carbocycles. The number of carbonyl (C=O) groups excluding carboxylic acids is 1. The minimum atomic E-state index is -0.964. The first-order valence-corrected chi connectivity index (χ1v) is 6.32. The minimum Gasteiger partial charge on any atom is -0.480 e. The van der Waals surface area contributed by atoms with Crippen molar-refractivity contribution in [3.05, 3.63) is 47.3 Å². The summed E-state index contributed by atoms with van der Waals surface area (Å²) in [4.78, 5) is 22.2. The second-order valence-electron chi connectivity index (χ2n) is 4.57. The number of nitrogens with zero attached hydrogens (tertiary/aromatic N) is 3. The highest BCUT2D eigenvalue weighted by Crippen LogP contribution is 2.11. The molecule has 0 fully saturated rings. The third-order valence-electron chi connectivity index (χ3n) is 3.07. The van der Waals surface area contributed by atoms with Gasteiger partial charge in [0.05, 0.1) is 18.4 Å². The monoisotopic (exact) mass is 289 g/mol. The molecule has 1 N–H and O–H groups in total. The average Bonchev–Trinajstić information content (AvgIpc) is 2.94. The second kappa shape index (κ2) is 6.17. The van der Waals surface area contributed by atoms with Gasteiger partial charge in [0, 0.05) is 12.6 Å². The van der Waals surface area contributed by atoms with E-state index in [0.29, 0.717) is 17.7 Å². The lowest BCUT2D eigenvalue weighted by Gasteiger charge is -2.03. The molecule has 0 saturated heterocycles. The van der Waals surface area contributed by atoms with Crippen LogP contribution < -0.4 is 0 Å². The number of carboxylic acid groups (broad SMARTS) is 1. The predicted molar refractivity (Wildman–Crippen MR) is 73.0 cm³/mol. The van der Waals surface area contributed by atoms with Crippen molar-refractivity contribution in [3.8, 4) is 0 Å². The smallest absolute Gasteiger partial charge is 0.337 e. The van der Waals surface area contributed by atoms with E-state index >= 15 is 0 Å². The maximum Gasteiger partial charge on any atom is 0.337 e. The molecule has 110 valence electrons. The number of esters is 1. The number of benzene rings is 1. The van der Waals surface area contributed by atoms with Crippen molar-refractivity contribution >= 4 is 11.9 Å². The summed E-state index contributed by atoms with van der Waals surface area (Å²) in [5.41, 5.74) is 2.08. The van der Waals surface area contributed by atoms with Gasteiger partial charge in [-0.05, 0) is 24.6 Å². The number of hydrogen-bond donors (Lipinski definition) is 1. The summed E-state index contributed by atoms with van der Waals surface area (Å²) < 4.78 is 5.93. The van der Waals surface area contributed by atoms with E-state index in [0.717, 1.165) is 5.56 Å². The molecular weight excluding hydrogens is 274 g/mol. The van der Waals surface area contributed by atoms with Crippen LogP contribution >= 0.6 is 0 Å². The molecule has 0 radical (unpaired) electrons. The first kappa shape index (κ1) is 14.7. The zero-order valence-corrected chi connectivity index (χ0v) is 11.7. The van der Waals surface area contributed by atoms with Crippen molar-refractivity contribution in [2.75, 3.05) is 7.11 Å². The maximum atomic E-state index is 11.3. The number of rotatable bonds is 5. The van der Waals surface area contributed by atoms with Crippen LogP contribution in [0.4, 0.5) is 0 Å². The van der Waals surface area contributed by atoms with E-state index < -0.39 is 12.0 Å². The molecule has 1 heterocycles. The summed E-state index contributed by atoms with van der Waals surface area (Å²) in [7, 11) is 1.33. The largest absolute Gasteiger partial charge is 0.480 e. The Labute approximate surface area is 121 Å². The molecular formula is C14H15N3O4. The molecule has 1 unspecified atom stereocenters. The average molecular weight is 289 g/mol. The topological polar surface area (TPSA) is 94.3 Å². The third kappa shape index (κ3) is 3.44. The molecule has 2 aromatic rings. The summed E-state index contributed by atoms with van der Waals surface area (Å²) in [6.45, 7) is 1.53. The molecule has 0 spiro atoms. The Morgan fingerprint density at radius 2 is 2.00 bits per heavy atom. The maximum absolute atomic E-state index is 11.3. The highest BCUT2D eigenvalue weighted by molar-refractivity contribution is 5.89. The van der Waals surface area contributed by atoms with E-state index in [-0.39, 0.29) is 5.97 Å². The quantitative estimate of drug-likeness (QED) is 0.834. The van der Waals surface area contributed by atoms with E-state index in [2.05, 4.69) is 15.0 Å². The van der Waals surface area contributed by atoms with E-state index in [9.17, 15) is 9.59 Å². The summed E-state index contributed by atoms with van der Waals surface area (Å²) in [5.74, 6) is -1.35. The van der Waals surface area contributed by atoms with Crippen LogP contribution in [0.1, 0.15) is 34.6 Å². The van der Waals surface area contributed by atoms with E-state index in [1.54, 1.807) is 30.5 Å². The Bertz CT molecular complexity index is 648. The van der Waals surface area contributed by atoms with Crippen LogP contribution in [0.25, 0.3) is 0 Å². The Morgan fingerprint density at radius 1 is 1.33 bits per heavy atom. The zero-order valence-electron chi connectivity index (χ0n) is 11.7. The molecule has 1 atom stereocenters. The fraction of sp³-hybridized carbons (Fsp3) is 0.286. The van der Waals surface area contributed by atoms with Crippen LogP contribution in [0.2, 0.25) is 0 Å². The number of aliphatic carboxylic acids is 1. The van der Waals surface area contributed by atoms with E-state index in [4.69, 9.17) is 5.11 Å². The van der Waals surface area contributed by atoms with Gasteiger partial charge in [0.15, 0.2) is 0 Å². The van der Waals surface area contributed by atoms with Crippen molar-refractivity contribution in [2.45, 2.75) is 19.4 Å². The number of hydrogen-bond acceptors (Lipinski definition) is 5. The lowest BCUT2D eigenvalue weighted by atomic mass is 10.1. The number of methoxy groups -OCH3 is 1. The molecule has 0 aliphatic carbocycles. The molecule has 7 nitrogen and oxygen atoms in total. The Morgan fingerprint density at radius 3 is 2.57 bits per heavy atom. The molecule has 0 aliphatic rings. The first-order chi connectivity index (χ1) is 10.0. The van der Waals surface area contributed by atoms with Gasteiger partial charge in [-0.15, -0.1) is 5.10 Å². The summed E-state index contributed by atoms with van der Waals surface area (Å²) >= 11 is 0. The zero-order chi connectivity index (χ0) is 15.4. The standard InChI is InChI=1S/C14H15N3O4/c1-9(13(18)19)17-8-12(15-16-17)7-10-3-5-11(6-4-10)14(20)21-2/h3-6,8-9H,7H2,1-2H3,(H,18,19). The Kier molecular flexibility index (Phi) is 4.32. The van der Waals surface area contributed by atoms with E-state index in [1.165, 1.54) is 18.7 Å². The van der Waals surface area contributed by atoms with E-state index in [1.807, 2.05) is 0 Å². The lowest BCUT2D eigenvalue weighted by Crippen LogP contribution is -2.15. The number of aromatic nitrogens is 3. The van der Waals surface area contributed by atoms with Crippen LogP contribution in [0.3, 0.4) is 0 Å². The third-order valence-corrected chi connectivity index (χ3v) is 3.07. The molecule has 7 heteroatoms. The van der Waals surface area contributed by atoms with Crippen LogP contribution in [-0.2, 0) is 16.0 Å². The van der Waals surface area contributed by atoms with Crippen LogP contribution in [0.15, 0.2) is 30.5 Å². The van der Waals surface area contributed by atoms with Crippen LogP contribution in [0, 0.1) is 0 Å². The highest BCUT2D eigenvalue weighted by Gasteiger charge is 2.15. The van der Waals surface area contributed by atoms with Gasteiger partial charge in [-0.3, -0.25) is 0 Å². The van der Waals surface area contributed by atoms with Crippen molar-refractivity contribution in [1.29, 1.82) is 0 Å². The summed E-state index contributed by atoms with van der Waals surface area (Å²) in [5, 5.41) is 16.7. The molecule has 0 bridgehead atoms. The minimum absolute atomic E-state index is 0.386. The molecule has 1 aromatic heterocycles. The normalized spacial score (nSPS) is 11.9. The number of carbonyl (C=O) groups is 2. The number of carboxylic acids is 1. The van der Waals surface area contributed by atoms with Crippen LogP contribution in [0.5, 0.6) is 0 Å². The fourth-order valence-corrected chi connectivity index (χ4v) is 1.78. The molecule has 21 heavy (non-hydrogen) atoms. The van der Waals surface area contributed by atoms with Gasteiger partial charge in [0.25, 0.3) is 0 Å². The molecule has 0 aliphatic heterocycles. The molecule has 0 amide bonds. The van der Waals surface area contributed by atoms with Gasteiger partial charge in [-0.1, -0.05) is 17.3 Å². The van der Waals surface area contributed by atoms with Gasteiger partial charge in [0.1, 0.15) is 6.04 Å². The highest BCUT2D eigenvalue weighted by atomic mass is 16.5. The van der Waals surface area contributed by atoms with Gasteiger partial charge >= 0.3 is 11.9 Å². The van der Waals surface area contributed by atoms with Gasteiger partial charge in [-0.2, -0.15) is 0 Å². The van der Waals surface area contributed by atoms with Crippen LogP contribution in [-0.4, -0.2) is 39.1 Å². The van der Waals surface area contributed by atoms with Gasteiger partial charge in [-0.25, -0.2) is 14.3 Å². The Hall–Kier alpha value is -2.70. The summed E-state index contributed by atoms with van der Waals surface area (Å²) in [6, 6.07) is 6.18. The first-order valence-electron chi connectivity index (χ1n) is 6.32. The molecule has 2 rings (SSSR count). The second-order valence-corrected chi connectivity index (χ2v) is 4.57. The Balaban J connectivity index is 2.08. The van der Waals surface area contributed by atoms with Gasteiger partial charge < -0.3 is 9.84 Å². The number of ether oxygens (including phenoxy) is 1. The van der Waals surface area contributed by atoms with Crippen molar-refractivity contribution in [2.24, 2.45) is 0 Å². The SMILES string of the molecule is COC(=O)c1ccc(Cc2cn(C(C)C(=O)O)nn2)cc1. The predicted octanol–water partition coefficient (Wildman–Crippen LogP) is 1.30.